The van der Waals surface area contributed by atoms with Crippen molar-refractivity contribution in [2.24, 2.45) is 5.92 Å². The fourth-order valence-electron chi connectivity index (χ4n) is 4.14. The third-order valence-electron chi connectivity index (χ3n) is 5.68. The number of aryl methyl sites for hydroxylation is 1. The molecule has 0 aromatic carbocycles. The summed E-state index contributed by atoms with van der Waals surface area (Å²) >= 11 is 1.34. The summed E-state index contributed by atoms with van der Waals surface area (Å²) < 4.78 is 23.5. The molecule has 2 unspecified atom stereocenters. The third kappa shape index (κ3) is 5.47. The van der Waals surface area contributed by atoms with Gasteiger partial charge in [0.2, 0.25) is 11.1 Å². The second-order valence-electron chi connectivity index (χ2n) is 7.70. The molecule has 9 heteroatoms. The molecule has 1 saturated carbocycles. The van der Waals surface area contributed by atoms with Gasteiger partial charge in [-0.2, -0.15) is 0 Å². The lowest BCUT2D eigenvalue weighted by atomic mass is 10.0. The molecule has 1 aliphatic carbocycles. The van der Waals surface area contributed by atoms with Crippen molar-refractivity contribution < 1.29 is 13.2 Å². The Morgan fingerprint density at radius 1 is 1.33 bits per heavy atom. The van der Waals surface area contributed by atoms with Gasteiger partial charge in [-0.3, -0.25) is 9.89 Å². The van der Waals surface area contributed by atoms with Gasteiger partial charge in [0.05, 0.1) is 16.8 Å². The van der Waals surface area contributed by atoms with Gasteiger partial charge < -0.3 is 4.90 Å². The van der Waals surface area contributed by atoms with Crippen molar-refractivity contribution in [1.82, 2.24) is 20.1 Å². The Balaban J connectivity index is 1.52. The predicted molar refractivity (Wildman–Crippen MR) is 106 cm³/mol. The summed E-state index contributed by atoms with van der Waals surface area (Å²) in [6.07, 6.45) is 7.92. The lowest BCUT2D eigenvalue weighted by Crippen LogP contribution is -2.44. The van der Waals surface area contributed by atoms with E-state index in [1.165, 1.54) is 37.4 Å². The van der Waals surface area contributed by atoms with Crippen molar-refractivity contribution in [3.05, 3.63) is 5.82 Å². The van der Waals surface area contributed by atoms with Crippen LogP contribution in [0.2, 0.25) is 0 Å². The molecule has 7 nitrogen and oxygen atoms in total. The van der Waals surface area contributed by atoms with Crippen LogP contribution in [0.3, 0.4) is 0 Å². The van der Waals surface area contributed by atoms with E-state index in [1.807, 2.05) is 13.8 Å². The number of amides is 1. The number of H-pyrrole nitrogens is 1. The predicted octanol–water partition coefficient (Wildman–Crippen LogP) is 2.44. The molecule has 1 aromatic heterocycles. The largest absolute Gasteiger partial charge is 0.338 e. The molecule has 152 valence electrons. The molecule has 0 radical (unpaired) electrons. The normalized spacial score (nSPS) is 23.6. The first-order valence-electron chi connectivity index (χ1n) is 9.97. The minimum Gasteiger partial charge on any atom is -0.338 e. The number of hydrogen-bond acceptors (Lipinski definition) is 6. The Kier molecular flexibility index (Phi) is 6.83. The minimum absolute atomic E-state index is 0.0399. The lowest BCUT2D eigenvalue weighted by molar-refractivity contribution is -0.131. The van der Waals surface area contributed by atoms with Crippen LogP contribution in [-0.4, -0.2) is 63.7 Å². The van der Waals surface area contributed by atoms with Gasteiger partial charge in [0.25, 0.3) is 0 Å². The molecule has 2 aliphatic rings. The van der Waals surface area contributed by atoms with Crippen LogP contribution in [0, 0.1) is 5.92 Å². The van der Waals surface area contributed by atoms with Crippen LogP contribution in [0.1, 0.15) is 58.2 Å². The number of nitrogens with zero attached hydrogens (tertiary/aromatic N) is 3. The summed E-state index contributed by atoms with van der Waals surface area (Å²) in [6.45, 7) is 4.26. The van der Waals surface area contributed by atoms with Gasteiger partial charge in [0.1, 0.15) is 5.82 Å². The molecular formula is C18H30N4O3S2. The fourth-order valence-corrected chi connectivity index (χ4v) is 6.68. The first-order valence-corrected chi connectivity index (χ1v) is 12.7. The van der Waals surface area contributed by atoms with Crippen molar-refractivity contribution in [2.45, 2.75) is 75.2 Å². The van der Waals surface area contributed by atoms with E-state index in [0.29, 0.717) is 18.1 Å². The Hall–Kier alpha value is -1.09. The lowest BCUT2D eigenvalue weighted by Gasteiger charge is -2.29. The minimum atomic E-state index is -3.01. The van der Waals surface area contributed by atoms with Gasteiger partial charge in [-0.1, -0.05) is 37.4 Å². The maximum Gasteiger partial charge on any atom is 0.236 e. The van der Waals surface area contributed by atoms with Crippen LogP contribution in [0.15, 0.2) is 5.16 Å². The van der Waals surface area contributed by atoms with Crippen molar-refractivity contribution in [2.75, 3.05) is 18.1 Å². The van der Waals surface area contributed by atoms with Gasteiger partial charge in [-0.15, -0.1) is 5.10 Å². The second-order valence-corrected chi connectivity index (χ2v) is 11.2. The number of rotatable bonds is 8. The Bertz CT molecular complexity index is 744. The number of sulfone groups is 1. The maximum atomic E-state index is 12.8. The number of nitrogens with one attached hydrogen (secondary N) is 1. The van der Waals surface area contributed by atoms with Crippen molar-refractivity contribution in [3.63, 3.8) is 0 Å². The molecule has 3 rings (SSSR count). The van der Waals surface area contributed by atoms with E-state index in [1.54, 1.807) is 4.90 Å². The SMILES string of the molecule is CCN(C(=O)C(C)Sc1n[nH]c(CCC2CCCC2)n1)C1CCS(=O)(=O)C1. The molecular weight excluding hydrogens is 384 g/mol. The smallest absolute Gasteiger partial charge is 0.236 e. The van der Waals surface area contributed by atoms with E-state index in [2.05, 4.69) is 15.2 Å². The van der Waals surface area contributed by atoms with Crippen molar-refractivity contribution in [1.29, 1.82) is 0 Å². The summed E-state index contributed by atoms with van der Waals surface area (Å²) in [5.41, 5.74) is 0. The van der Waals surface area contributed by atoms with E-state index in [9.17, 15) is 13.2 Å². The average molecular weight is 415 g/mol. The first-order chi connectivity index (χ1) is 12.9. The van der Waals surface area contributed by atoms with Gasteiger partial charge in [-0.05, 0) is 32.6 Å². The van der Waals surface area contributed by atoms with Crippen LogP contribution in [0.4, 0.5) is 0 Å². The van der Waals surface area contributed by atoms with E-state index in [-0.39, 0.29) is 28.7 Å². The van der Waals surface area contributed by atoms with Gasteiger partial charge in [0.15, 0.2) is 9.84 Å². The van der Waals surface area contributed by atoms with E-state index < -0.39 is 9.84 Å². The molecule has 2 atom stereocenters. The molecule has 0 spiro atoms. The topological polar surface area (TPSA) is 96.0 Å². The average Bonchev–Trinajstić information content (AvgIpc) is 3.35. The quantitative estimate of drug-likeness (QED) is 0.657. The summed E-state index contributed by atoms with van der Waals surface area (Å²) in [6, 6.07) is -0.204. The molecule has 0 bridgehead atoms. The van der Waals surface area contributed by atoms with Gasteiger partial charge in [0, 0.05) is 19.0 Å². The fraction of sp³-hybridized carbons (Fsp3) is 0.833. The summed E-state index contributed by atoms with van der Waals surface area (Å²) in [5, 5.41) is 7.50. The molecule has 1 aliphatic heterocycles. The van der Waals surface area contributed by atoms with Gasteiger partial charge in [-0.25, -0.2) is 13.4 Å². The van der Waals surface area contributed by atoms with Gasteiger partial charge >= 0.3 is 0 Å². The van der Waals surface area contributed by atoms with Crippen molar-refractivity contribution in [3.8, 4) is 0 Å². The highest BCUT2D eigenvalue weighted by Gasteiger charge is 2.35. The first kappa shape index (κ1) is 20.6. The number of aromatic nitrogens is 3. The monoisotopic (exact) mass is 414 g/mol. The molecule has 1 N–H and O–H groups in total. The molecule has 2 fully saturated rings. The van der Waals surface area contributed by atoms with E-state index in [4.69, 9.17) is 0 Å². The van der Waals surface area contributed by atoms with Crippen molar-refractivity contribution >= 4 is 27.5 Å². The Morgan fingerprint density at radius 2 is 2.07 bits per heavy atom. The summed E-state index contributed by atoms with van der Waals surface area (Å²) in [4.78, 5) is 19.1. The van der Waals surface area contributed by atoms with E-state index >= 15 is 0 Å². The number of aromatic amines is 1. The molecule has 27 heavy (non-hydrogen) atoms. The second kappa shape index (κ2) is 8.94. The maximum absolute atomic E-state index is 12.8. The zero-order valence-electron chi connectivity index (χ0n) is 16.2. The number of carbonyl (C=O) groups is 1. The van der Waals surface area contributed by atoms with Crippen LogP contribution in [-0.2, 0) is 21.1 Å². The Morgan fingerprint density at radius 3 is 2.70 bits per heavy atom. The molecule has 1 saturated heterocycles. The highest BCUT2D eigenvalue weighted by atomic mass is 32.2. The standard InChI is InChI=1S/C18H30N4O3S2/c1-3-22(15-10-11-27(24,25)12-15)17(23)13(2)26-18-19-16(20-21-18)9-8-14-6-4-5-7-14/h13-15H,3-12H2,1-2H3,(H,19,20,21). The van der Waals surface area contributed by atoms with Crippen LogP contribution in [0.25, 0.3) is 0 Å². The zero-order chi connectivity index (χ0) is 19.4. The Labute approximate surface area is 166 Å². The molecule has 1 amide bonds. The molecule has 1 aromatic rings. The highest BCUT2D eigenvalue weighted by molar-refractivity contribution is 8.00. The molecule has 2 heterocycles. The van der Waals surface area contributed by atoms with Crippen LogP contribution < -0.4 is 0 Å². The summed E-state index contributed by atoms with van der Waals surface area (Å²) in [7, 11) is -3.01. The number of thioether (sulfide) groups is 1. The van der Waals surface area contributed by atoms with Crippen LogP contribution >= 0.6 is 11.8 Å². The highest BCUT2D eigenvalue weighted by Crippen LogP contribution is 2.29. The summed E-state index contributed by atoms with van der Waals surface area (Å²) in [5.74, 6) is 1.91. The zero-order valence-corrected chi connectivity index (χ0v) is 17.8. The third-order valence-corrected chi connectivity index (χ3v) is 8.38. The number of hydrogen-bond donors (Lipinski definition) is 1. The van der Waals surface area contributed by atoms with Crippen LogP contribution in [0.5, 0.6) is 0 Å². The van der Waals surface area contributed by atoms with E-state index in [0.717, 1.165) is 24.6 Å². The number of carbonyl (C=O) groups excluding carboxylic acids is 1.